The second-order valence-electron chi connectivity index (χ2n) is 4.38. The third-order valence-corrected chi connectivity index (χ3v) is 4.26. The number of hydrogen-bond donors (Lipinski definition) is 1. The lowest BCUT2D eigenvalue weighted by molar-refractivity contribution is 0.591. The molecular formula is C16H18FNS. The van der Waals surface area contributed by atoms with Crippen LogP contribution in [-0.4, -0.2) is 6.54 Å². The standard InChI is InChI=1S/C16H18FNS/c1-3-18-11-13-8-6-9-14(17)16(13)19-15-10-5-4-7-12(15)2/h4-10,18H,3,11H2,1-2H3. The Bertz CT molecular complexity index is 554. The summed E-state index contributed by atoms with van der Waals surface area (Å²) in [6.07, 6.45) is 0. The quantitative estimate of drug-likeness (QED) is 0.868. The maximum Gasteiger partial charge on any atom is 0.137 e. The Labute approximate surface area is 118 Å². The summed E-state index contributed by atoms with van der Waals surface area (Å²) >= 11 is 1.50. The highest BCUT2D eigenvalue weighted by Crippen LogP contribution is 2.34. The first kappa shape index (κ1) is 14.1. The topological polar surface area (TPSA) is 12.0 Å². The largest absolute Gasteiger partial charge is 0.313 e. The first-order valence-corrected chi connectivity index (χ1v) is 7.25. The summed E-state index contributed by atoms with van der Waals surface area (Å²) in [5.41, 5.74) is 2.18. The van der Waals surface area contributed by atoms with Gasteiger partial charge in [0.2, 0.25) is 0 Å². The Morgan fingerprint density at radius 3 is 2.63 bits per heavy atom. The number of aryl methyl sites for hydroxylation is 1. The second kappa shape index (κ2) is 6.73. The fourth-order valence-electron chi connectivity index (χ4n) is 1.85. The van der Waals surface area contributed by atoms with E-state index < -0.39 is 0 Å². The molecule has 100 valence electrons. The highest BCUT2D eigenvalue weighted by Gasteiger charge is 2.10. The van der Waals surface area contributed by atoms with Gasteiger partial charge < -0.3 is 5.32 Å². The van der Waals surface area contributed by atoms with Crippen molar-refractivity contribution in [2.75, 3.05) is 6.54 Å². The van der Waals surface area contributed by atoms with Crippen LogP contribution in [-0.2, 0) is 6.54 Å². The minimum Gasteiger partial charge on any atom is -0.313 e. The van der Waals surface area contributed by atoms with Crippen molar-refractivity contribution in [3.8, 4) is 0 Å². The Hall–Kier alpha value is -1.32. The van der Waals surface area contributed by atoms with E-state index in [1.54, 1.807) is 6.07 Å². The molecule has 0 amide bonds. The van der Waals surface area contributed by atoms with Gasteiger partial charge in [-0.05, 0) is 36.7 Å². The van der Waals surface area contributed by atoms with Gasteiger partial charge in [-0.3, -0.25) is 0 Å². The summed E-state index contributed by atoms with van der Waals surface area (Å²) in [4.78, 5) is 1.82. The maximum atomic E-state index is 14.0. The predicted octanol–water partition coefficient (Wildman–Crippen LogP) is 4.39. The maximum absolute atomic E-state index is 14.0. The highest BCUT2D eigenvalue weighted by molar-refractivity contribution is 7.99. The molecule has 0 saturated heterocycles. The molecule has 19 heavy (non-hydrogen) atoms. The Morgan fingerprint density at radius 2 is 1.89 bits per heavy atom. The smallest absolute Gasteiger partial charge is 0.137 e. The number of benzene rings is 2. The van der Waals surface area contributed by atoms with Crippen molar-refractivity contribution >= 4 is 11.8 Å². The summed E-state index contributed by atoms with van der Waals surface area (Å²) < 4.78 is 14.0. The third kappa shape index (κ3) is 3.58. The number of rotatable bonds is 5. The molecule has 2 aromatic carbocycles. The molecule has 1 nitrogen and oxygen atoms in total. The van der Waals surface area contributed by atoms with Crippen LogP contribution in [0.4, 0.5) is 4.39 Å². The molecule has 2 rings (SSSR count). The van der Waals surface area contributed by atoms with E-state index in [9.17, 15) is 4.39 Å². The third-order valence-electron chi connectivity index (χ3n) is 2.92. The highest BCUT2D eigenvalue weighted by atomic mass is 32.2. The van der Waals surface area contributed by atoms with Crippen LogP contribution in [0.1, 0.15) is 18.1 Å². The zero-order valence-corrected chi connectivity index (χ0v) is 12.1. The average molecular weight is 275 g/mol. The van der Waals surface area contributed by atoms with Gasteiger partial charge in [0.1, 0.15) is 5.82 Å². The van der Waals surface area contributed by atoms with E-state index in [1.807, 2.05) is 44.2 Å². The normalized spacial score (nSPS) is 10.7. The molecule has 0 fully saturated rings. The molecule has 0 unspecified atom stereocenters. The lowest BCUT2D eigenvalue weighted by Gasteiger charge is -2.12. The van der Waals surface area contributed by atoms with E-state index in [2.05, 4.69) is 5.32 Å². The number of hydrogen-bond acceptors (Lipinski definition) is 2. The van der Waals surface area contributed by atoms with E-state index in [4.69, 9.17) is 0 Å². The van der Waals surface area contributed by atoms with Crippen LogP contribution < -0.4 is 5.32 Å². The van der Waals surface area contributed by atoms with Crippen molar-refractivity contribution in [2.24, 2.45) is 0 Å². The van der Waals surface area contributed by atoms with Crippen molar-refractivity contribution in [3.05, 3.63) is 59.4 Å². The first-order valence-electron chi connectivity index (χ1n) is 6.44. The molecule has 3 heteroatoms. The van der Waals surface area contributed by atoms with Crippen molar-refractivity contribution in [3.63, 3.8) is 0 Å². The monoisotopic (exact) mass is 275 g/mol. The fraction of sp³-hybridized carbons (Fsp3) is 0.250. The van der Waals surface area contributed by atoms with Crippen molar-refractivity contribution in [2.45, 2.75) is 30.2 Å². The zero-order chi connectivity index (χ0) is 13.7. The van der Waals surface area contributed by atoms with E-state index in [-0.39, 0.29) is 5.82 Å². The van der Waals surface area contributed by atoms with Gasteiger partial charge >= 0.3 is 0 Å². The fourth-order valence-corrected chi connectivity index (χ4v) is 2.88. The number of halogens is 1. The van der Waals surface area contributed by atoms with Gasteiger partial charge in [-0.15, -0.1) is 0 Å². The van der Waals surface area contributed by atoms with Crippen LogP contribution >= 0.6 is 11.8 Å². The van der Waals surface area contributed by atoms with Crippen molar-refractivity contribution in [1.29, 1.82) is 0 Å². The Balaban J connectivity index is 2.31. The van der Waals surface area contributed by atoms with Crippen LogP contribution in [0.25, 0.3) is 0 Å². The van der Waals surface area contributed by atoms with Crippen molar-refractivity contribution < 1.29 is 4.39 Å². The van der Waals surface area contributed by atoms with Gasteiger partial charge in [0.15, 0.2) is 0 Å². The molecule has 1 N–H and O–H groups in total. The Morgan fingerprint density at radius 1 is 1.11 bits per heavy atom. The molecule has 0 radical (unpaired) electrons. The molecule has 2 aromatic rings. The van der Waals surface area contributed by atoms with Crippen LogP contribution in [0.15, 0.2) is 52.3 Å². The van der Waals surface area contributed by atoms with E-state index in [1.165, 1.54) is 23.4 Å². The van der Waals surface area contributed by atoms with Crippen LogP contribution in [0.2, 0.25) is 0 Å². The van der Waals surface area contributed by atoms with E-state index in [0.717, 1.165) is 21.9 Å². The lowest BCUT2D eigenvalue weighted by atomic mass is 10.2. The van der Waals surface area contributed by atoms with Crippen LogP contribution in [0, 0.1) is 12.7 Å². The zero-order valence-electron chi connectivity index (χ0n) is 11.2. The lowest BCUT2D eigenvalue weighted by Crippen LogP contribution is -2.12. The number of nitrogens with one attached hydrogen (secondary N) is 1. The molecule has 0 aliphatic heterocycles. The van der Waals surface area contributed by atoms with Gasteiger partial charge in [0, 0.05) is 11.4 Å². The molecule has 0 saturated carbocycles. The molecular weight excluding hydrogens is 257 g/mol. The van der Waals surface area contributed by atoms with E-state index in [0.29, 0.717) is 6.54 Å². The molecule has 0 aliphatic rings. The van der Waals surface area contributed by atoms with Crippen LogP contribution in [0.3, 0.4) is 0 Å². The summed E-state index contributed by atoms with van der Waals surface area (Å²) in [5, 5.41) is 3.25. The van der Waals surface area contributed by atoms with Gasteiger partial charge in [0.25, 0.3) is 0 Å². The molecule has 0 atom stereocenters. The first-order chi connectivity index (χ1) is 9.22. The molecule has 0 heterocycles. The predicted molar refractivity (Wildman–Crippen MR) is 79.1 cm³/mol. The summed E-state index contributed by atoms with van der Waals surface area (Å²) in [6.45, 7) is 5.67. The summed E-state index contributed by atoms with van der Waals surface area (Å²) in [7, 11) is 0. The van der Waals surface area contributed by atoms with Gasteiger partial charge in [-0.25, -0.2) is 4.39 Å². The van der Waals surface area contributed by atoms with Gasteiger partial charge in [-0.1, -0.05) is 49.0 Å². The molecule has 0 aliphatic carbocycles. The molecule has 0 bridgehead atoms. The SMILES string of the molecule is CCNCc1cccc(F)c1Sc1ccccc1C. The van der Waals surface area contributed by atoms with Gasteiger partial charge in [-0.2, -0.15) is 0 Å². The molecule has 0 aromatic heterocycles. The van der Waals surface area contributed by atoms with Crippen molar-refractivity contribution in [1.82, 2.24) is 5.32 Å². The van der Waals surface area contributed by atoms with E-state index >= 15 is 0 Å². The van der Waals surface area contributed by atoms with Crippen LogP contribution in [0.5, 0.6) is 0 Å². The second-order valence-corrected chi connectivity index (χ2v) is 5.43. The minimum absolute atomic E-state index is 0.149. The minimum atomic E-state index is -0.149. The Kier molecular flexibility index (Phi) is 5.00. The summed E-state index contributed by atoms with van der Waals surface area (Å²) in [5.74, 6) is -0.149. The summed E-state index contributed by atoms with van der Waals surface area (Å²) in [6, 6.07) is 13.3. The van der Waals surface area contributed by atoms with Gasteiger partial charge in [0.05, 0.1) is 4.90 Å². The average Bonchev–Trinajstić information content (AvgIpc) is 2.41. The molecule has 0 spiro atoms.